The number of carboxylic acids is 1. The van der Waals surface area contributed by atoms with Crippen molar-refractivity contribution in [2.75, 3.05) is 0 Å². The first-order valence-corrected chi connectivity index (χ1v) is 5.90. The van der Waals surface area contributed by atoms with Crippen molar-refractivity contribution in [3.8, 4) is 0 Å². The van der Waals surface area contributed by atoms with Gasteiger partial charge in [0.1, 0.15) is 0 Å². The summed E-state index contributed by atoms with van der Waals surface area (Å²) in [6.45, 7) is 6.69. The first kappa shape index (κ1) is 12.3. The molecule has 0 spiro atoms. The molecule has 0 bridgehead atoms. The Labute approximate surface area is 92.4 Å². The van der Waals surface area contributed by atoms with Crippen molar-refractivity contribution in [2.24, 2.45) is 23.7 Å². The monoisotopic (exact) mass is 209 g/mol. The van der Waals surface area contributed by atoms with Crippen LogP contribution in [0.4, 0.5) is 0 Å². The second kappa shape index (κ2) is 5.34. The molecule has 0 aromatic heterocycles. The number of rotatable bonds is 3. The Balaban J connectivity index is 2.66. The van der Waals surface area contributed by atoms with Gasteiger partial charge in [0, 0.05) is 0 Å². The SMILES string of the molecule is CC1CCC(C(C)C)C(/C=C/C(=O)[O-])C1. The van der Waals surface area contributed by atoms with Gasteiger partial charge in [0.25, 0.3) is 0 Å². The third-order valence-corrected chi connectivity index (χ3v) is 3.55. The fourth-order valence-electron chi connectivity index (χ4n) is 2.70. The standard InChI is InChI=1S/C13H22O2/c1-9(2)12-6-4-10(3)8-11(12)5-7-13(14)15/h5,7,9-12H,4,6,8H2,1-3H3,(H,14,15)/p-1/b7-5+. The summed E-state index contributed by atoms with van der Waals surface area (Å²) in [4.78, 5) is 10.4. The zero-order valence-corrected chi connectivity index (χ0v) is 9.90. The van der Waals surface area contributed by atoms with Gasteiger partial charge in [-0.15, -0.1) is 0 Å². The highest BCUT2D eigenvalue weighted by Gasteiger charge is 2.28. The lowest BCUT2D eigenvalue weighted by molar-refractivity contribution is -0.297. The van der Waals surface area contributed by atoms with Crippen LogP contribution in [0.2, 0.25) is 0 Å². The van der Waals surface area contributed by atoms with E-state index in [0.29, 0.717) is 17.8 Å². The molecule has 1 fully saturated rings. The Morgan fingerprint density at radius 3 is 2.60 bits per heavy atom. The lowest BCUT2D eigenvalue weighted by Crippen LogP contribution is -2.27. The third-order valence-electron chi connectivity index (χ3n) is 3.55. The molecule has 0 heterocycles. The lowest BCUT2D eigenvalue weighted by atomic mass is 9.70. The highest BCUT2D eigenvalue weighted by Crippen LogP contribution is 2.38. The van der Waals surface area contributed by atoms with Gasteiger partial charge < -0.3 is 9.90 Å². The van der Waals surface area contributed by atoms with Gasteiger partial charge in [-0.05, 0) is 42.6 Å². The molecule has 3 unspecified atom stereocenters. The van der Waals surface area contributed by atoms with E-state index in [1.54, 1.807) is 0 Å². The molecule has 1 rings (SSSR count). The van der Waals surface area contributed by atoms with E-state index in [1.807, 2.05) is 6.08 Å². The zero-order chi connectivity index (χ0) is 11.4. The molecule has 1 saturated carbocycles. The Kier molecular flexibility index (Phi) is 4.37. The molecule has 2 nitrogen and oxygen atoms in total. The van der Waals surface area contributed by atoms with E-state index in [1.165, 1.54) is 18.9 Å². The number of carbonyl (C=O) groups is 1. The van der Waals surface area contributed by atoms with Crippen molar-refractivity contribution in [3.63, 3.8) is 0 Å². The number of hydrogen-bond acceptors (Lipinski definition) is 2. The van der Waals surface area contributed by atoms with Crippen LogP contribution >= 0.6 is 0 Å². The average Bonchev–Trinajstić information content (AvgIpc) is 2.14. The van der Waals surface area contributed by atoms with Gasteiger partial charge in [0.05, 0.1) is 5.97 Å². The van der Waals surface area contributed by atoms with Crippen molar-refractivity contribution < 1.29 is 9.90 Å². The highest BCUT2D eigenvalue weighted by atomic mass is 16.4. The van der Waals surface area contributed by atoms with Crippen molar-refractivity contribution in [1.82, 2.24) is 0 Å². The molecule has 0 radical (unpaired) electrons. The Morgan fingerprint density at radius 2 is 2.07 bits per heavy atom. The molecule has 0 N–H and O–H groups in total. The Hall–Kier alpha value is -0.790. The summed E-state index contributed by atoms with van der Waals surface area (Å²) in [5.41, 5.74) is 0. The van der Waals surface area contributed by atoms with Crippen molar-refractivity contribution >= 4 is 5.97 Å². The number of carbonyl (C=O) groups excluding carboxylic acids is 1. The normalized spacial score (nSPS) is 32.4. The quantitative estimate of drug-likeness (QED) is 0.667. The summed E-state index contributed by atoms with van der Waals surface area (Å²) < 4.78 is 0. The average molecular weight is 209 g/mol. The van der Waals surface area contributed by atoms with Crippen LogP contribution in [0.15, 0.2) is 12.2 Å². The maximum Gasteiger partial charge on any atom is 0.0639 e. The summed E-state index contributed by atoms with van der Waals surface area (Å²) in [6, 6.07) is 0. The second-order valence-electron chi connectivity index (χ2n) is 5.17. The molecule has 0 amide bonds. The Morgan fingerprint density at radius 1 is 1.40 bits per heavy atom. The number of carboxylic acid groups (broad SMARTS) is 1. The number of aliphatic carboxylic acids is 1. The van der Waals surface area contributed by atoms with Gasteiger partial charge in [-0.25, -0.2) is 0 Å². The summed E-state index contributed by atoms with van der Waals surface area (Å²) in [6.07, 6.45) is 6.67. The van der Waals surface area contributed by atoms with E-state index >= 15 is 0 Å². The minimum Gasteiger partial charge on any atom is -0.545 e. The highest BCUT2D eigenvalue weighted by molar-refractivity contribution is 5.77. The van der Waals surface area contributed by atoms with Crippen LogP contribution in [0.3, 0.4) is 0 Å². The summed E-state index contributed by atoms with van der Waals surface area (Å²) in [7, 11) is 0. The van der Waals surface area contributed by atoms with Crippen LogP contribution in [0.1, 0.15) is 40.0 Å². The fraction of sp³-hybridized carbons (Fsp3) is 0.769. The molecular formula is C13H21O2-. The first-order valence-electron chi connectivity index (χ1n) is 5.90. The molecule has 1 aliphatic carbocycles. The molecule has 1 aliphatic rings. The predicted molar refractivity (Wildman–Crippen MR) is 59.0 cm³/mol. The van der Waals surface area contributed by atoms with E-state index in [2.05, 4.69) is 20.8 Å². The van der Waals surface area contributed by atoms with Gasteiger partial charge in [0.15, 0.2) is 0 Å². The zero-order valence-electron chi connectivity index (χ0n) is 9.90. The first-order chi connectivity index (χ1) is 7.00. The topological polar surface area (TPSA) is 40.1 Å². The minimum absolute atomic E-state index is 0.423. The van der Waals surface area contributed by atoms with Gasteiger partial charge in [-0.1, -0.05) is 33.3 Å². The predicted octanol–water partition coefficient (Wildman–Crippen LogP) is 2.00. The third kappa shape index (κ3) is 3.69. The molecule has 0 aliphatic heterocycles. The van der Waals surface area contributed by atoms with Crippen LogP contribution in [0.25, 0.3) is 0 Å². The van der Waals surface area contributed by atoms with E-state index < -0.39 is 5.97 Å². The molecular weight excluding hydrogens is 188 g/mol. The minimum atomic E-state index is -1.07. The summed E-state index contributed by atoms with van der Waals surface area (Å²) in [5.74, 6) is 1.34. The van der Waals surface area contributed by atoms with E-state index in [4.69, 9.17) is 0 Å². The van der Waals surface area contributed by atoms with Gasteiger partial charge >= 0.3 is 0 Å². The maximum atomic E-state index is 10.4. The number of hydrogen-bond donors (Lipinski definition) is 0. The van der Waals surface area contributed by atoms with Crippen LogP contribution in [-0.4, -0.2) is 5.97 Å². The van der Waals surface area contributed by atoms with E-state index in [9.17, 15) is 9.90 Å². The maximum absolute atomic E-state index is 10.4. The summed E-state index contributed by atoms with van der Waals surface area (Å²) in [5, 5.41) is 10.4. The van der Waals surface area contributed by atoms with Crippen LogP contribution in [0, 0.1) is 23.7 Å². The number of allylic oxidation sites excluding steroid dienone is 1. The van der Waals surface area contributed by atoms with Crippen LogP contribution < -0.4 is 5.11 Å². The van der Waals surface area contributed by atoms with Crippen molar-refractivity contribution in [3.05, 3.63) is 12.2 Å². The summed E-state index contributed by atoms with van der Waals surface area (Å²) >= 11 is 0. The second-order valence-corrected chi connectivity index (χ2v) is 5.17. The smallest absolute Gasteiger partial charge is 0.0639 e. The van der Waals surface area contributed by atoms with Crippen molar-refractivity contribution in [1.29, 1.82) is 0 Å². The Bertz CT molecular complexity index is 243. The van der Waals surface area contributed by atoms with Crippen LogP contribution in [0.5, 0.6) is 0 Å². The molecule has 0 saturated heterocycles. The largest absolute Gasteiger partial charge is 0.545 e. The molecule has 2 heteroatoms. The molecule has 86 valence electrons. The van der Waals surface area contributed by atoms with E-state index in [-0.39, 0.29) is 0 Å². The van der Waals surface area contributed by atoms with Gasteiger partial charge in [-0.3, -0.25) is 0 Å². The molecule has 15 heavy (non-hydrogen) atoms. The van der Waals surface area contributed by atoms with Gasteiger partial charge in [0.2, 0.25) is 0 Å². The van der Waals surface area contributed by atoms with Crippen LogP contribution in [-0.2, 0) is 4.79 Å². The molecule has 0 aromatic carbocycles. The lowest BCUT2D eigenvalue weighted by Gasteiger charge is -2.35. The van der Waals surface area contributed by atoms with Crippen molar-refractivity contribution in [2.45, 2.75) is 40.0 Å². The molecule has 0 aromatic rings. The van der Waals surface area contributed by atoms with Gasteiger partial charge in [-0.2, -0.15) is 0 Å². The van der Waals surface area contributed by atoms with E-state index in [0.717, 1.165) is 12.3 Å². The fourth-order valence-corrected chi connectivity index (χ4v) is 2.70. The molecule has 3 atom stereocenters.